The molecule has 1 aliphatic carbocycles. The molecule has 0 atom stereocenters. The maximum absolute atomic E-state index is 11.2. The van der Waals surface area contributed by atoms with Crippen molar-refractivity contribution in [3.8, 4) is 0 Å². The van der Waals surface area contributed by atoms with E-state index in [1.165, 1.54) is 30.6 Å². The van der Waals surface area contributed by atoms with Crippen LogP contribution in [0.1, 0.15) is 38.8 Å². The van der Waals surface area contributed by atoms with Crippen LogP contribution in [0.4, 0.5) is 5.13 Å². The monoisotopic (exact) mass is 254 g/mol. The van der Waals surface area contributed by atoms with Crippen molar-refractivity contribution < 1.29 is 9.90 Å². The van der Waals surface area contributed by atoms with Crippen molar-refractivity contribution in [2.45, 2.75) is 44.6 Å². The lowest BCUT2D eigenvalue weighted by molar-refractivity contribution is -0.142. The third kappa shape index (κ3) is 2.16. The van der Waals surface area contributed by atoms with Gasteiger partial charge in [-0.05, 0) is 33.1 Å². The molecular formula is C12H18N2O2S. The molecule has 17 heavy (non-hydrogen) atoms. The summed E-state index contributed by atoms with van der Waals surface area (Å²) in [6.45, 7) is 3.38. The van der Waals surface area contributed by atoms with E-state index in [2.05, 4.69) is 9.88 Å². The van der Waals surface area contributed by atoms with Crippen molar-refractivity contribution in [2.75, 3.05) is 11.9 Å². The summed E-state index contributed by atoms with van der Waals surface area (Å²) in [7, 11) is 2.04. The SMILES string of the molecule is CN(c1nc(C(C)(C)C(=O)O)cs1)C1CCC1. The lowest BCUT2D eigenvalue weighted by Gasteiger charge is -2.34. The summed E-state index contributed by atoms with van der Waals surface area (Å²) >= 11 is 1.53. The van der Waals surface area contributed by atoms with E-state index in [4.69, 9.17) is 5.11 Å². The van der Waals surface area contributed by atoms with E-state index in [1.54, 1.807) is 13.8 Å². The number of hydrogen-bond donors (Lipinski definition) is 1. The summed E-state index contributed by atoms with van der Waals surface area (Å²) in [5, 5.41) is 11.9. The van der Waals surface area contributed by atoms with Gasteiger partial charge in [0.2, 0.25) is 0 Å². The Morgan fingerprint density at radius 1 is 1.59 bits per heavy atom. The number of aliphatic carboxylic acids is 1. The quantitative estimate of drug-likeness (QED) is 0.897. The summed E-state index contributed by atoms with van der Waals surface area (Å²) in [5.74, 6) is -0.833. The van der Waals surface area contributed by atoms with Crippen LogP contribution in [0.2, 0.25) is 0 Å². The fourth-order valence-electron chi connectivity index (χ4n) is 1.75. The van der Waals surface area contributed by atoms with Gasteiger partial charge < -0.3 is 10.0 Å². The minimum Gasteiger partial charge on any atom is -0.481 e. The van der Waals surface area contributed by atoms with Crippen LogP contribution in [0, 0.1) is 0 Å². The third-order valence-electron chi connectivity index (χ3n) is 3.59. The Labute approximate surface area is 105 Å². The highest BCUT2D eigenvalue weighted by molar-refractivity contribution is 7.13. The predicted octanol–water partition coefficient (Wildman–Crippen LogP) is 2.49. The van der Waals surface area contributed by atoms with Crippen LogP contribution >= 0.6 is 11.3 Å². The Balaban J connectivity index is 2.17. The van der Waals surface area contributed by atoms with Gasteiger partial charge in [0, 0.05) is 18.5 Å². The molecule has 0 aliphatic heterocycles. The van der Waals surface area contributed by atoms with Gasteiger partial charge in [-0.1, -0.05) is 0 Å². The van der Waals surface area contributed by atoms with Crippen molar-refractivity contribution in [3.05, 3.63) is 11.1 Å². The second-order valence-corrected chi connectivity index (χ2v) is 5.98. The molecule has 1 aromatic heterocycles. The molecule has 1 N–H and O–H groups in total. The number of anilines is 1. The normalized spacial score (nSPS) is 16.6. The van der Waals surface area contributed by atoms with Crippen LogP contribution in [0.5, 0.6) is 0 Å². The molecule has 5 heteroatoms. The van der Waals surface area contributed by atoms with Crippen LogP contribution in [-0.2, 0) is 10.2 Å². The summed E-state index contributed by atoms with van der Waals surface area (Å²) in [6.07, 6.45) is 3.72. The molecule has 4 nitrogen and oxygen atoms in total. The van der Waals surface area contributed by atoms with Gasteiger partial charge in [0.25, 0.3) is 0 Å². The molecular weight excluding hydrogens is 236 g/mol. The van der Waals surface area contributed by atoms with Crippen LogP contribution in [0.3, 0.4) is 0 Å². The van der Waals surface area contributed by atoms with E-state index in [0.29, 0.717) is 11.7 Å². The van der Waals surface area contributed by atoms with Crippen molar-refractivity contribution in [2.24, 2.45) is 0 Å². The Morgan fingerprint density at radius 2 is 2.24 bits per heavy atom. The number of nitrogens with zero attached hydrogens (tertiary/aromatic N) is 2. The van der Waals surface area contributed by atoms with Crippen molar-refractivity contribution in [1.82, 2.24) is 4.98 Å². The zero-order chi connectivity index (χ0) is 12.6. The Bertz CT molecular complexity index is 424. The highest BCUT2D eigenvalue weighted by atomic mass is 32.1. The molecule has 1 aliphatic rings. The predicted molar refractivity (Wildman–Crippen MR) is 68.8 cm³/mol. The van der Waals surface area contributed by atoms with Gasteiger partial charge in [-0.2, -0.15) is 0 Å². The van der Waals surface area contributed by atoms with Gasteiger partial charge >= 0.3 is 5.97 Å². The Kier molecular flexibility index (Phi) is 3.12. The third-order valence-corrected chi connectivity index (χ3v) is 4.52. The number of rotatable bonds is 4. The highest BCUT2D eigenvalue weighted by Crippen LogP contribution is 2.33. The van der Waals surface area contributed by atoms with Gasteiger partial charge in [0.05, 0.1) is 5.69 Å². The van der Waals surface area contributed by atoms with Crippen molar-refractivity contribution in [3.63, 3.8) is 0 Å². The largest absolute Gasteiger partial charge is 0.481 e. The maximum Gasteiger partial charge on any atom is 0.315 e. The molecule has 1 heterocycles. The van der Waals surface area contributed by atoms with Crippen LogP contribution in [-0.4, -0.2) is 29.1 Å². The zero-order valence-corrected chi connectivity index (χ0v) is 11.3. The Hall–Kier alpha value is -1.10. The lowest BCUT2D eigenvalue weighted by atomic mass is 9.90. The average molecular weight is 254 g/mol. The molecule has 0 bridgehead atoms. The first-order valence-electron chi connectivity index (χ1n) is 5.85. The van der Waals surface area contributed by atoms with Gasteiger partial charge in [-0.15, -0.1) is 11.3 Å². The second kappa shape index (κ2) is 4.29. The fourth-order valence-corrected chi connectivity index (χ4v) is 2.78. The standard InChI is InChI=1S/C12H18N2O2S/c1-12(2,10(15)16)9-7-17-11(13-9)14(3)8-5-4-6-8/h7-8H,4-6H2,1-3H3,(H,15,16). The van der Waals surface area contributed by atoms with Crippen LogP contribution in [0.15, 0.2) is 5.38 Å². The van der Waals surface area contributed by atoms with Gasteiger partial charge in [0.15, 0.2) is 5.13 Å². The molecule has 0 unspecified atom stereocenters. The first-order valence-corrected chi connectivity index (χ1v) is 6.73. The summed E-state index contributed by atoms with van der Waals surface area (Å²) < 4.78 is 0. The van der Waals surface area contributed by atoms with Crippen LogP contribution in [0.25, 0.3) is 0 Å². The van der Waals surface area contributed by atoms with Gasteiger partial charge in [-0.25, -0.2) is 4.98 Å². The van der Waals surface area contributed by atoms with E-state index in [0.717, 1.165) is 5.13 Å². The van der Waals surface area contributed by atoms with E-state index < -0.39 is 11.4 Å². The second-order valence-electron chi connectivity index (χ2n) is 5.14. The van der Waals surface area contributed by atoms with Gasteiger partial charge in [-0.3, -0.25) is 4.79 Å². The first kappa shape index (κ1) is 12.4. The van der Waals surface area contributed by atoms with Crippen molar-refractivity contribution in [1.29, 1.82) is 0 Å². The molecule has 0 saturated heterocycles. The molecule has 0 radical (unpaired) electrons. The van der Waals surface area contributed by atoms with E-state index in [9.17, 15) is 4.79 Å². The number of hydrogen-bond acceptors (Lipinski definition) is 4. The fraction of sp³-hybridized carbons (Fsp3) is 0.667. The number of aromatic nitrogens is 1. The molecule has 0 amide bonds. The number of carbonyl (C=O) groups is 1. The van der Waals surface area contributed by atoms with Gasteiger partial charge in [0.1, 0.15) is 5.41 Å². The van der Waals surface area contributed by atoms with Crippen LogP contribution < -0.4 is 4.90 Å². The molecule has 1 fully saturated rings. The first-order chi connectivity index (χ1) is 7.93. The number of thiazole rings is 1. The summed E-state index contributed by atoms with van der Waals surface area (Å²) in [5.41, 5.74) is -0.258. The minimum absolute atomic E-state index is 0.585. The summed E-state index contributed by atoms with van der Waals surface area (Å²) in [6, 6.07) is 0.585. The van der Waals surface area contributed by atoms with Crippen molar-refractivity contribution >= 4 is 22.4 Å². The average Bonchev–Trinajstić information content (AvgIpc) is 2.63. The zero-order valence-electron chi connectivity index (χ0n) is 10.4. The lowest BCUT2D eigenvalue weighted by Crippen LogP contribution is -2.37. The Morgan fingerprint density at radius 3 is 2.71 bits per heavy atom. The van der Waals surface area contributed by atoms with E-state index in [-0.39, 0.29) is 0 Å². The number of carboxylic acids is 1. The smallest absolute Gasteiger partial charge is 0.315 e. The molecule has 2 rings (SSSR count). The number of carboxylic acid groups (broad SMARTS) is 1. The van der Waals surface area contributed by atoms with E-state index >= 15 is 0 Å². The molecule has 94 valence electrons. The minimum atomic E-state index is -0.908. The highest BCUT2D eigenvalue weighted by Gasteiger charge is 2.33. The summed E-state index contributed by atoms with van der Waals surface area (Å²) in [4.78, 5) is 17.8. The molecule has 0 aromatic carbocycles. The van der Waals surface area contributed by atoms with E-state index in [1.807, 2.05) is 12.4 Å². The molecule has 0 spiro atoms. The molecule has 1 aromatic rings. The topological polar surface area (TPSA) is 53.4 Å². The molecule has 1 saturated carbocycles. The maximum atomic E-state index is 11.2.